The average Bonchev–Trinajstić information content (AvgIpc) is 3.15. The third kappa shape index (κ3) is 4.27. The highest BCUT2D eigenvalue weighted by Crippen LogP contribution is 2.53. The van der Waals surface area contributed by atoms with Crippen LogP contribution in [0.4, 0.5) is 11.4 Å². The molecule has 0 atom stereocenters. The van der Waals surface area contributed by atoms with Gasteiger partial charge in [0.1, 0.15) is 0 Å². The molecule has 0 spiro atoms. The fourth-order valence-electron chi connectivity index (χ4n) is 6.80. The molecule has 4 aromatic carbocycles. The minimum absolute atomic E-state index is 0.0793. The van der Waals surface area contributed by atoms with E-state index in [1.54, 1.807) is 0 Å². The van der Waals surface area contributed by atoms with Gasteiger partial charge in [-0.05, 0) is 96.7 Å². The molecular weight excluding hydrogens is 458 g/mol. The molecule has 0 saturated heterocycles. The van der Waals surface area contributed by atoms with E-state index in [0.717, 1.165) is 25.7 Å². The zero-order valence-corrected chi connectivity index (χ0v) is 23.6. The maximum absolute atomic E-state index is 9.87. The average molecular weight is 501 g/mol. The van der Waals surface area contributed by atoms with E-state index in [2.05, 4.69) is 131 Å². The Morgan fingerprint density at radius 1 is 0.711 bits per heavy atom. The van der Waals surface area contributed by atoms with E-state index < -0.39 is 5.89 Å². The lowest BCUT2D eigenvalue weighted by atomic mass is 9.77. The van der Waals surface area contributed by atoms with Gasteiger partial charge in [0.15, 0.2) is 0 Å². The molecular formula is C37H41N. The van der Waals surface area contributed by atoms with Crippen LogP contribution in [0.1, 0.15) is 90.7 Å². The van der Waals surface area contributed by atoms with Gasteiger partial charge in [-0.25, -0.2) is 0 Å². The molecule has 6 rings (SSSR count). The molecule has 1 heteroatoms. The number of hydrogen-bond donors (Lipinski definition) is 0. The van der Waals surface area contributed by atoms with Crippen molar-refractivity contribution >= 4 is 11.4 Å². The second kappa shape index (κ2) is 9.45. The molecule has 2 aliphatic carbocycles. The van der Waals surface area contributed by atoms with E-state index in [0.29, 0.717) is 0 Å². The molecule has 1 nitrogen and oxygen atoms in total. The number of benzene rings is 4. The van der Waals surface area contributed by atoms with Crippen LogP contribution in [-0.2, 0) is 5.41 Å². The molecule has 1 fully saturated rings. The van der Waals surface area contributed by atoms with Gasteiger partial charge in [-0.15, -0.1) is 0 Å². The van der Waals surface area contributed by atoms with Crippen LogP contribution in [0, 0.1) is 0 Å². The van der Waals surface area contributed by atoms with Crippen molar-refractivity contribution in [3.63, 3.8) is 0 Å². The molecule has 38 heavy (non-hydrogen) atoms. The van der Waals surface area contributed by atoms with Gasteiger partial charge in [0.2, 0.25) is 0 Å². The van der Waals surface area contributed by atoms with Gasteiger partial charge in [-0.1, -0.05) is 106 Å². The van der Waals surface area contributed by atoms with Gasteiger partial charge in [-0.3, -0.25) is 0 Å². The summed E-state index contributed by atoms with van der Waals surface area (Å²) in [6.07, 6.45) is 5.34. The third-order valence-corrected chi connectivity index (χ3v) is 8.66. The monoisotopic (exact) mass is 500 g/mol. The summed E-state index contributed by atoms with van der Waals surface area (Å²) in [5.41, 5.74) is 11.2. The van der Waals surface area contributed by atoms with E-state index >= 15 is 0 Å². The second-order valence-corrected chi connectivity index (χ2v) is 12.7. The minimum atomic E-state index is -0.575. The first kappa shape index (κ1) is 23.8. The minimum Gasteiger partial charge on any atom is -0.336 e. The molecule has 4 aromatic rings. The number of fused-ring (bicyclic) bond motifs is 3. The summed E-state index contributed by atoms with van der Waals surface area (Å²) < 4.78 is 9.87. The Labute approximate surface area is 231 Å². The summed E-state index contributed by atoms with van der Waals surface area (Å²) in [5.74, 6) is -0.575. The van der Waals surface area contributed by atoms with Crippen LogP contribution < -0.4 is 4.90 Å². The topological polar surface area (TPSA) is 3.24 Å². The Bertz CT molecular complexity index is 1500. The lowest BCUT2D eigenvalue weighted by Gasteiger charge is -2.41. The Morgan fingerprint density at radius 3 is 2.13 bits per heavy atom. The van der Waals surface area contributed by atoms with Crippen LogP contribution in [0.15, 0.2) is 91.0 Å². The van der Waals surface area contributed by atoms with E-state index in [-0.39, 0.29) is 11.0 Å². The summed E-state index contributed by atoms with van der Waals surface area (Å²) in [7, 11) is 0. The van der Waals surface area contributed by atoms with Crippen molar-refractivity contribution in [2.45, 2.75) is 83.6 Å². The first-order valence-corrected chi connectivity index (χ1v) is 14.3. The first-order valence-electron chi connectivity index (χ1n) is 14.8. The molecule has 0 N–H and O–H groups in total. The molecule has 0 bridgehead atoms. The smallest absolute Gasteiger partial charge is 0.0457 e. The van der Waals surface area contributed by atoms with E-state index in [4.69, 9.17) is 0 Å². The summed E-state index contributed by atoms with van der Waals surface area (Å²) in [5, 5.41) is 0. The zero-order chi connectivity index (χ0) is 27.4. The molecule has 1 saturated carbocycles. The van der Waals surface area contributed by atoms with E-state index in [1.807, 2.05) is 0 Å². The van der Waals surface area contributed by atoms with Crippen LogP contribution in [0.25, 0.3) is 22.3 Å². The predicted molar refractivity (Wildman–Crippen MR) is 164 cm³/mol. The van der Waals surface area contributed by atoms with Crippen molar-refractivity contribution in [2.24, 2.45) is 0 Å². The maximum Gasteiger partial charge on any atom is 0.0457 e. The Balaban J connectivity index is 1.61. The highest BCUT2D eigenvalue weighted by atomic mass is 15.2. The van der Waals surface area contributed by atoms with Gasteiger partial charge in [0.25, 0.3) is 0 Å². The lowest BCUT2D eigenvalue weighted by Crippen LogP contribution is -2.38. The molecule has 0 aromatic heterocycles. The standard InChI is InChI=1S/C37H41N/c1-36(2,3)38(29-20-14-19-28(23-29)26-15-8-6-9-16-26)35-25-32-30-21-12-13-22-33(30)37(4,5)34(32)24-31(35)27-17-10-7-11-18-27/h6,8-9,12-16,19-25,27H,7,10-11,17-18H2,1-5H3/i27D. The van der Waals surface area contributed by atoms with Crippen molar-refractivity contribution in [2.75, 3.05) is 4.90 Å². The van der Waals surface area contributed by atoms with Crippen molar-refractivity contribution < 1.29 is 1.37 Å². The molecule has 0 radical (unpaired) electrons. The first-order chi connectivity index (χ1) is 18.6. The number of nitrogens with zero attached hydrogens (tertiary/aromatic N) is 1. The van der Waals surface area contributed by atoms with Crippen LogP contribution in [0.2, 0.25) is 0 Å². The maximum atomic E-state index is 9.87. The fourth-order valence-corrected chi connectivity index (χ4v) is 6.80. The van der Waals surface area contributed by atoms with E-state index in [9.17, 15) is 1.37 Å². The highest BCUT2D eigenvalue weighted by molar-refractivity contribution is 5.86. The summed E-state index contributed by atoms with van der Waals surface area (Å²) >= 11 is 0. The van der Waals surface area contributed by atoms with Gasteiger partial charge in [0.05, 0.1) is 0 Å². The SMILES string of the molecule is [2H]C1(c2cc3c(cc2N(c2cccc(-c4ccccc4)c2)C(C)(C)C)-c2ccccc2C3(C)C)CCCCC1. The fraction of sp³-hybridized carbons (Fsp3) is 0.351. The molecule has 0 heterocycles. The van der Waals surface area contributed by atoms with Gasteiger partial charge in [-0.2, -0.15) is 0 Å². The number of hydrogen-bond acceptors (Lipinski definition) is 1. The van der Waals surface area contributed by atoms with E-state index in [1.165, 1.54) is 56.7 Å². The number of rotatable bonds is 4. The van der Waals surface area contributed by atoms with Crippen molar-refractivity contribution in [1.29, 1.82) is 0 Å². The van der Waals surface area contributed by atoms with Crippen LogP contribution in [0.5, 0.6) is 0 Å². The number of anilines is 2. The Morgan fingerprint density at radius 2 is 1.39 bits per heavy atom. The Hall–Kier alpha value is -3.32. The van der Waals surface area contributed by atoms with Crippen molar-refractivity contribution in [3.8, 4) is 22.3 Å². The molecule has 2 aliphatic rings. The lowest BCUT2D eigenvalue weighted by molar-refractivity contribution is 0.441. The highest BCUT2D eigenvalue weighted by Gasteiger charge is 2.38. The van der Waals surface area contributed by atoms with Gasteiger partial charge in [0, 0.05) is 23.7 Å². The largest absolute Gasteiger partial charge is 0.336 e. The molecule has 194 valence electrons. The quantitative estimate of drug-likeness (QED) is 0.269. The molecule has 0 aliphatic heterocycles. The second-order valence-electron chi connectivity index (χ2n) is 12.7. The van der Waals surface area contributed by atoms with Crippen LogP contribution in [-0.4, -0.2) is 5.54 Å². The van der Waals surface area contributed by atoms with Crippen LogP contribution >= 0.6 is 0 Å². The van der Waals surface area contributed by atoms with Gasteiger partial charge >= 0.3 is 0 Å². The normalized spacial score (nSPS) is 17.9. The summed E-state index contributed by atoms with van der Waals surface area (Å²) in [4.78, 5) is 2.51. The summed E-state index contributed by atoms with van der Waals surface area (Å²) in [6.45, 7) is 11.6. The summed E-state index contributed by atoms with van der Waals surface area (Å²) in [6, 6.07) is 33.4. The van der Waals surface area contributed by atoms with Gasteiger partial charge < -0.3 is 4.90 Å². The van der Waals surface area contributed by atoms with Crippen molar-refractivity contribution in [1.82, 2.24) is 0 Å². The molecule has 0 unspecified atom stereocenters. The van der Waals surface area contributed by atoms with Crippen LogP contribution in [0.3, 0.4) is 0 Å². The zero-order valence-electron chi connectivity index (χ0n) is 24.6. The predicted octanol–water partition coefficient (Wildman–Crippen LogP) is 10.6. The van der Waals surface area contributed by atoms with Crippen molar-refractivity contribution in [3.05, 3.63) is 108 Å². The molecule has 0 amide bonds. The third-order valence-electron chi connectivity index (χ3n) is 8.66. The Kier molecular flexibility index (Phi) is 5.91.